The SMILES string of the molecule is CNCc1cccc2c1ccn2Cc1ccc(F)cc1C. The van der Waals surface area contributed by atoms with Crippen LogP contribution in [-0.4, -0.2) is 11.6 Å². The van der Waals surface area contributed by atoms with Crippen LogP contribution in [0.1, 0.15) is 16.7 Å². The lowest BCUT2D eigenvalue weighted by atomic mass is 10.1. The van der Waals surface area contributed by atoms with Crippen molar-refractivity contribution < 1.29 is 4.39 Å². The molecule has 108 valence electrons. The number of hydrogen-bond acceptors (Lipinski definition) is 1. The Balaban J connectivity index is 1.99. The highest BCUT2D eigenvalue weighted by molar-refractivity contribution is 5.83. The lowest BCUT2D eigenvalue weighted by Gasteiger charge is -2.10. The van der Waals surface area contributed by atoms with Gasteiger partial charge in [0, 0.05) is 30.2 Å². The van der Waals surface area contributed by atoms with Gasteiger partial charge in [0.1, 0.15) is 5.82 Å². The molecule has 3 heteroatoms. The molecule has 2 nitrogen and oxygen atoms in total. The molecule has 0 aliphatic carbocycles. The molecule has 0 saturated heterocycles. The topological polar surface area (TPSA) is 17.0 Å². The van der Waals surface area contributed by atoms with E-state index in [0.717, 1.165) is 24.2 Å². The van der Waals surface area contributed by atoms with E-state index in [1.165, 1.54) is 22.5 Å². The highest BCUT2D eigenvalue weighted by Crippen LogP contribution is 2.22. The Morgan fingerprint density at radius 1 is 1.10 bits per heavy atom. The number of nitrogens with zero attached hydrogens (tertiary/aromatic N) is 1. The molecular weight excluding hydrogens is 263 g/mol. The van der Waals surface area contributed by atoms with Crippen LogP contribution in [0.3, 0.4) is 0 Å². The number of fused-ring (bicyclic) bond motifs is 1. The summed E-state index contributed by atoms with van der Waals surface area (Å²) in [5, 5.41) is 4.47. The molecule has 0 aliphatic heterocycles. The first kappa shape index (κ1) is 13.8. The number of rotatable bonds is 4. The zero-order chi connectivity index (χ0) is 14.8. The summed E-state index contributed by atoms with van der Waals surface area (Å²) in [6, 6.07) is 13.5. The Labute approximate surface area is 124 Å². The maximum absolute atomic E-state index is 13.2. The monoisotopic (exact) mass is 282 g/mol. The van der Waals surface area contributed by atoms with Gasteiger partial charge in [0.2, 0.25) is 0 Å². The van der Waals surface area contributed by atoms with Crippen molar-refractivity contribution in [2.75, 3.05) is 7.05 Å². The number of benzene rings is 2. The molecule has 1 N–H and O–H groups in total. The van der Waals surface area contributed by atoms with Gasteiger partial charge in [0.05, 0.1) is 0 Å². The molecule has 0 radical (unpaired) electrons. The van der Waals surface area contributed by atoms with Crippen molar-refractivity contribution >= 4 is 10.9 Å². The van der Waals surface area contributed by atoms with E-state index in [2.05, 4.69) is 40.3 Å². The highest BCUT2D eigenvalue weighted by Gasteiger charge is 2.07. The van der Waals surface area contributed by atoms with Gasteiger partial charge in [-0.15, -0.1) is 0 Å². The van der Waals surface area contributed by atoms with Crippen molar-refractivity contribution in [1.82, 2.24) is 9.88 Å². The fraction of sp³-hybridized carbons (Fsp3) is 0.222. The molecule has 1 heterocycles. The summed E-state index contributed by atoms with van der Waals surface area (Å²) >= 11 is 0. The van der Waals surface area contributed by atoms with Crippen molar-refractivity contribution in [2.24, 2.45) is 0 Å². The maximum atomic E-state index is 13.2. The van der Waals surface area contributed by atoms with Gasteiger partial charge < -0.3 is 9.88 Å². The predicted molar refractivity (Wildman–Crippen MR) is 84.9 cm³/mol. The third-order valence-corrected chi connectivity index (χ3v) is 3.92. The molecule has 0 atom stereocenters. The minimum Gasteiger partial charge on any atom is -0.343 e. The first-order valence-electron chi connectivity index (χ1n) is 7.15. The fourth-order valence-electron chi connectivity index (χ4n) is 2.79. The summed E-state index contributed by atoms with van der Waals surface area (Å²) in [5.41, 5.74) is 4.65. The predicted octanol–water partition coefficient (Wildman–Crippen LogP) is 3.86. The Morgan fingerprint density at radius 3 is 2.71 bits per heavy atom. The van der Waals surface area contributed by atoms with Crippen molar-refractivity contribution in [2.45, 2.75) is 20.0 Å². The standard InChI is InChI=1S/C18H19FN2/c1-13-10-16(19)7-6-15(13)12-21-9-8-17-14(11-20-2)4-3-5-18(17)21/h3-10,20H,11-12H2,1-2H3. The molecule has 0 saturated carbocycles. The Morgan fingerprint density at radius 2 is 1.95 bits per heavy atom. The van der Waals surface area contributed by atoms with Gasteiger partial charge in [-0.3, -0.25) is 0 Å². The third-order valence-electron chi connectivity index (χ3n) is 3.92. The van der Waals surface area contributed by atoms with E-state index in [9.17, 15) is 4.39 Å². The van der Waals surface area contributed by atoms with Crippen LogP contribution in [0.4, 0.5) is 4.39 Å². The largest absolute Gasteiger partial charge is 0.343 e. The van der Waals surface area contributed by atoms with Gasteiger partial charge >= 0.3 is 0 Å². The fourth-order valence-corrected chi connectivity index (χ4v) is 2.79. The molecule has 3 rings (SSSR count). The Kier molecular flexibility index (Phi) is 3.76. The van der Waals surface area contributed by atoms with Crippen LogP contribution < -0.4 is 5.32 Å². The van der Waals surface area contributed by atoms with E-state index in [1.807, 2.05) is 20.0 Å². The maximum Gasteiger partial charge on any atom is 0.123 e. The van der Waals surface area contributed by atoms with Crippen LogP contribution in [0.2, 0.25) is 0 Å². The van der Waals surface area contributed by atoms with Gasteiger partial charge in [-0.25, -0.2) is 4.39 Å². The van der Waals surface area contributed by atoms with Gasteiger partial charge in [-0.05, 0) is 54.9 Å². The molecule has 0 bridgehead atoms. The Bertz CT molecular complexity index is 774. The van der Waals surface area contributed by atoms with Crippen molar-refractivity contribution in [1.29, 1.82) is 0 Å². The molecule has 1 aromatic heterocycles. The summed E-state index contributed by atoms with van der Waals surface area (Å²) < 4.78 is 15.4. The number of hydrogen-bond donors (Lipinski definition) is 1. The lowest BCUT2D eigenvalue weighted by molar-refractivity contribution is 0.625. The number of aryl methyl sites for hydroxylation is 1. The van der Waals surface area contributed by atoms with E-state index in [1.54, 1.807) is 6.07 Å². The smallest absolute Gasteiger partial charge is 0.123 e. The van der Waals surface area contributed by atoms with Gasteiger partial charge in [-0.1, -0.05) is 18.2 Å². The lowest BCUT2D eigenvalue weighted by Crippen LogP contribution is -2.05. The second-order valence-corrected chi connectivity index (χ2v) is 5.39. The molecule has 2 aromatic carbocycles. The second kappa shape index (κ2) is 5.70. The highest BCUT2D eigenvalue weighted by atomic mass is 19.1. The van der Waals surface area contributed by atoms with Gasteiger partial charge in [0.15, 0.2) is 0 Å². The average Bonchev–Trinajstić information content (AvgIpc) is 2.87. The quantitative estimate of drug-likeness (QED) is 0.769. The zero-order valence-corrected chi connectivity index (χ0v) is 12.4. The molecule has 3 aromatic rings. The van der Waals surface area contributed by atoms with Crippen molar-refractivity contribution in [3.8, 4) is 0 Å². The van der Waals surface area contributed by atoms with Crippen LogP contribution in [0.25, 0.3) is 10.9 Å². The molecule has 0 amide bonds. The van der Waals surface area contributed by atoms with E-state index < -0.39 is 0 Å². The summed E-state index contributed by atoms with van der Waals surface area (Å²) in [5.74, 6) is -0.176. The van der Waals surface area contributed by atoms with Gasteiger partial charge in [0.25, 0.3) is 0 Å². The average molecular weight is 282 g/mol. The van der Waals surface area contributed by atoms with Crippen LogP contribution in [0, 0.1) is 12.7 Å². The number of aromatic nitrogens is 1. The molecule has 21 heavy (non-hydrogen) atoms. The first-order valence-corrected chi connectivity index (χ1v) is 7.15. The Hall–Kier alpha value is -2.13. The van der Waals surface area contributed by atoms with Crippen molar-refractivity contribution in [3.05, 3.63) is 71.2 Å². The summed E-state index contributed by atoms with van der Waals surface area (Å²) in [7, 11) is 1.96. The number of halogens is 1. The van der Waals surface area contributed by atoms with Crippen molar-refractivity contribution in [3.63, 3.8) is 0 Å². The van der Waals surface area contributed by atoms with E-state index in [-0.39, 0.29) is 5.82 Å². The van der Waals surface area contributed by atoms with E-state index in [4.69, 9.17) is 0 Å². The second-order valence-electron chi connectivity index (χ2n) is 5.39. The molecule has 0 aliphatic rings. The first-order chi connectivity index (χ1) is 10.2. The van der Waals surface area contributed by atoms with Crippen LogP contribution in [-0.2, 0) is 13.1 Å². The summed E-state index contributed by atoms with van der Waals surface area (Å²) in [6.07, 6.45) is 2.10. The third kappa shape index (κ3) is 2.69. The number of nitrogens with one attached hydrogen (secondary N) is 1. The van der Waals surface area contributed by atoms with Gasteiger partial charge in [-0.2, -0.15) is 0 Å². The summed E-state index contributed by atoms with van der Waals surface area (Å²) in [4.78, 5) is 0. The minimum absolute atomic E-state index is 0.176. The molecule has 0 fully saturated rings. The van der Waals surface area contributed by atoms with E-state index >= 15 is 0 Å². The summed E-state index contributed by atoms with van der Waals surface area (Å²) in [6.45, 7) is 3.58. The minimum atomic E-state index is -0.176. The normalized spacial score (nSPS) is 11.2. The molecular formula is C18H19FN2. The zero-order valence-electron chi connectivity index (χ0n) is 12.4. The molecule has 0 unspecified atom stereocenters. The van der Waals surface area contributed by atoms with Crippen LogP contribution in [0.15, 0.2) is 48.7 Å². The molecule has 0 spiro atoms. The van der Waals surface area contributed by atoms with E-state index in [0.29, 0.717) is 0 Å². The van der Waals surface area contributed by atoms with Crippen LogP contribution in [0.5, 0.6) is 0 Å². The van der Waals surface area contributed by atoms with Crippen LogP contribution >= 0.6 is 0 Å².